The monoisotopic (exact) mass is 257 g/mol. The van der Waals surface area contributed by atoms with Gasteiger partial charge < -0.3 is 9.67 Å². The van der Waals surface area contributed by atoms with Gasteiger partial charge in [0.1, 0.15) is 5.82 Å². The number of benzene rings is 1. The van der Waals surface area contributed by atoms with E-state index in [0.29, 0.717) is 12.2 Å². The molecular weight excluding hydrogens is 242 g/mol. The third-order valence-electron chi connectivity index (χ3n) is 3.12. The molecule has 1 N–H and O–H groups in total. The van der Waals surface area contributed by atoms with Gasteiger partial charge >= 0.3 is 5.97 Å². The van der Waals surface area contributed by atoms with Crippen LogP contribution in [0.2, 0.25) is 0 Å². The molecule has 1 atom stereocenters. The molecule has 0 amide bonds. The SMILES string of the molecule is CC(CCC(=O)O)n1c(CC#N)nc2ccccc21. The van der Waals surface area contributed by atoms with Crippen LogP contribution in [0.4, 0.5) is 0 Å². The van der Waals surface area contributed by atoms with Crippen LogP contribution in [0.3, 0.4) is 0 Å². The van der Waals surface area contributed by atoms with Gasteiger partial charge in [0, 0.05) is 12.5 Å². The second kappa shape index (κ2) is 5.53. The summed E-state index contributed by atoms with van der Waals surface area (Å²) in [7, 11) is 0. The van der Waals surface area contributed by atoms with Crippen molar-refractivity contribution in [2.45, 2.75) is 32.2 Å². The third kappa shape index (κ3) is 2.74. The van der Waals surface area contributed by atoms with E-state index in [1.165, 1.54) is 0 Å². The fourth-order valence-electron chi connectivity index (χ4n) is 2.24. The van der Waals surface area contributed by atoms with Gasteiger partial charge in [-0.15, -0.1) is 0 Å². The molecule has 0 aliphatic rings. The number of hydrogen-bond acceptors (Lipinski definition) is 3. The van der Waals surface area contributed by atoms with Gasteiger partial charge in [0.2, 0.25) is 0 Å². The fourth-order valence-corrected chi connectivity index (χ4v) is 2.24. The number of rotatable bonds is 5. The Labute approximate surface area is 111 Å². The van der Waals surface area contributed by atoms with Crippen molar-refractivity contribution in [3.8, 4) is 6.07 Å². The number of nitrogens with zero attached hydrogens (tertiary/aromatic N) is 3. The number of aliphatic carboxylic acids is 1. The lowest BCUT2D eigenvalue weighted by molar-refractivity contribution is -0.137. The number of carbonyl (C=O) groups is 1. The Morgan fingerprint density at radius 3 is 2.95 bits per heavy atom. The minimum absolute atomic E-state index is 0.00634. The fraction of sp³-hybridized carbons (Fsp3) is 0.357. The van der Waals surface area contributed by atoms with Crippen LogP contribution >= 0.6 is 0 Å². The van der Waals surface area contributed by atoms with Crippen LogP contribution in [-0.4, -0.2) is 20.6 Å². The van der Waals surface area contributed by atoms with Gasteiger partial charge in [0.15, 0.2) is 0 Å². The molecule has 19 heavy (non-hydrogen) atoms. The zero-order valence-corrected chi connectivity index (χ0v) is 10.7. The van der Waals surface area contributed by atoms with Crippen molar-refractivity contribution in [2.75, 3.05) is 0 Å². The maximum Gasteiger partial charge on any atom is 0.303 e. The Bertz CT molecular complexity index is 640. The largest absolute Gasteiger partial charge is 0.481 e. The molecule has 0 radical (unpaired) electrons. The number of carboxylic acid groups (broad SMARTS) is 1. The van der Waals surface area contributed by atoms with Gasteiger partial charge in [0.25, 0.3) is 0 Å². The van der Waals surface area contributed by atoms with E-state index in [1.54, 1.807) is 0 Å². The molecule has 1 aromatic heterocycles. The van der Waals surface area contributed by atoms with E-state index in [4.69, 9.17) is 10.4 Å². The third-order valence-corrected chi connectivity index (χ3v) is 3.12. The first kappa shape index (κ1) is 13.1. The molecule has 0 aliphatic heterocycles. The molecule has 0 saturated carbocycles. The molecule has 1 aromatic carbocycles. The van der Waals surface area contributed by atoms with Gasteiger partial charge in [-0.3, -0.25) is 4.79 Å². The molecular formula is C14H15N3O2. The van der Waals surface area contributed by atoms with Crippen molar-refractivity contribution in [3.63, 3.8) is 0 Å². The Morgan fingerprint density at radius 1 is 1.53 bits per heavy atom. The Balaban J connectivity index is 2.41. The molecule has 0 spiro atoms. The van der Waals surface area contributed by atoms with Crippen LogP contribution in [0.25, 0.3) is 11.0 Å². The molecule has 2 rings (SSSR count). The van der Waals surface area contributed by atoms with Crippen molar-refractivity contribution in [1.29, 1.82) is 5.26 Å². The number of carboxylic acids is 1. The highest BCUT2D eigenvalue weighted by molar-refractivity contribution is 5.76. The summed E-state index contributed by atoms with van der Waals surface area (Å²) < 4.78 is 1.97. The van der Waals surface area contributed by atoms with Crippen LogP contribution in [0, 0.1) is 11.3 Å². The van der Waals surface area contributed by atoms with Gasteiger partial charge in [0.05, 0.1) is 23.5 Å². The smallest absolute Gasteiger partial charge is 0.303 e. The topological polar surface area (TPSA) is 78.9 Å². The highest BCUT2D eigenvalue weighted by atomic mass is 16.4. The van der Waals surface area contributed by atoms with E-state index >= 15 is 0 Å². The van der Waals surface area contributed by atoms with Crippen LogP contribution in [-0.2, 0) is 11.2 Å². The van der Waals surface area contributed by atoms with Crippen LogP contribution in [0.15, 0.2) is 24.3 Å². The number of hydrogen-bond donors (Lipinski definition) is 1. The van der Waals surface area contributed by atoms with E-state index in [1.807, 2.05) is 35.8 Å². The lowest BCUT2D eigenvalue weighted by atomic mass is 10.1. The van der Waals surface area contributed by atoms with Gasteiger partial charge in [-0.25, -0.2) is 4.98 Å². The predicted octanol–water partition coefficient (Wildman–Crippen LogP) is 2.53. The van der Waals surface area contributed by atoms with Gasteiger partial charge in [-0.05, 0) is 25.5 Å². The van der Waals surface area contributed by atoms with Crippen molar-refractivity contribution in [2.24, 2.45) is 0 Å². The minimum Gasteiger partial charge on any atom is -0.481 e. The first-order valence-corrected chi connectivity index (χ1v) is 6.18. The van der Waals surface area contributed by atoms with Crippen molar-refractivity contribution >= 4 is 17.0 Å². The van der Waals surface area contributed by atoms with Crippen LogP contribution in [0.5, 0.6) is 0 Å². The van der Waals surface area contributed by atoms with Crippen molar-refractivity contribution in [3.05, 3.63) is 30.1 Å². The zero-order valence-electron chi connectivity index (χ0n) is 10.7. The zero-order chi connectivity index (χ0) is 13.8. The molecule has 1 unspecified atom stereocenters. The molecule has 0 saturated heterocycles. The van der Waals surface area contributed by atoms with E-state index in [9.17, 15) is 4.79 Å². The first-order valence-electron chi connectivity index (χ1n) is 6.18. The average Bonchev–Trinajstić information content (AvgIpc) is 2.74. The number of fused-ring (bicyclic) bond motifs is 1. The summed E-state index contributed by atoms with van der Waals surface area (Å²) in [6, 6.07) is 9.77. The minimum atomic E-state index is -0.807. The van der Waals surface area contributed by atoms with E-state index in [-0.39, 0.29) is 18.9 Å². The van der Waals surface area contributed by atoms with Gasteiger partial charge in [-0.2, -0.15) is 5.26 Å². The highest BCUT2D eigenvalue weighted by Gasteiger charge is 2.16. The Kier molecular flexibility index (Phi) is 3.81. The lowest BCUT2D eigenvalue weighted by Crippen LogP contribution is -2.11. The number of imidazole rings is 1. The summed E-state index contributed by atoms with van der Waals surface area (Å²) in [6.45, 7) is 1.96. The summed E-state index contributed by atoms with van der Waals surface area (Å²) in [4.78, 5) is 15.1. The van der Waals surface area contributed by atoms with Crippen LogP contribution in [0.1, 0.15) is 31.6 Å². The Hall–Kier alpha value is -2.35. The van der Waals surface area contributed by atoms with Gasteiger partial charge in [-0.1, -0.05) is 12.1 Å². The summed E-state index contributed by atoms with van der Waals surface area (Å²) in [5.74, 6) is -0.111. The molecule has 2 aromatic rings. The predicted molar refractivity (Wildman–Crippen MR) is 70.6 cm³/mol. The van der Waals surface area contributed by atoms with Crippen LogP contribution < -0.4 is 0 Å². The maximum absolute atomic E-state index is 10.7. The molecule has 0 aliphatic carbocycles. The molecule has 5 nitrogen and oxygen atoms in total. The second-order valence-electron chi connectivity index (χ2n) is 4.50. The van der Waals surface area contributed by atoms with Crippen molar-refractivity contribution < 1.29 is 9.90 Å². The maximum atomic E-state index is 10.7. The number of aromatic nitrogens is 2. The van der Waals surface area contributed by atoms with E-state index in [0.717, 1.165) is 11.0 Å². The normalized spacial score (nSPS) is 12.2. The number of para-hydroxylation sites is 2. The Morgan fingerprint density at radius 2 is 2.26 bits per heavy atom. The molecule has 5 heteroatoms. The first-order chi connectivity index (χ1) is 9.13. The summed E-state index contributed by atoms with van der Waals surface area (Å²) >= 11 is 0. The highest BCUT2D eigenvalue weighted by Crippen LogP contribution is 2.24. The lowest BCUT2D eigenvalue weighted by Gasteiger charge is -2.15. The molecule has 0 fully saturated rings. The summed E-state index contributed by atoms with van der Waals surface area (Å²) in [5, 5.41) is 17.6. The molecule has 98 valence electrons. The van der Waals surface area contributed by atoms with E-state index < -0.39 is 5.97 Å². The summed E-state index contributed by atoms with van der Waals surface area (Å²) in [5.41, 5.74) is 1.79. The van der Waals surface area contributed by atoms with Crippen molar-refractivity contribution in [1.82, 2.24) is 9.55 Å². The summed E-state index contributed by atoms with van der Waals surface area (Å²) in [6.07, 6.45) is 0.861. The number of nitriles is 1. The quantitative estimate of drug-likeness (QED) is 0.892. The molecule has 0 bridgehead atoms. The van der Waals surface area contributed by atoms with E-state index in [2.05, 4.69) is 11.1 Å². The molecule has 1 heterocycles. The second-order valence-corrected chi connectivity index (χ2v) is 4.50. The standard InChI is InChI=1S/C14H15N3O2/c1-10(6-7-14(18)19)17-12-5-3-2-4-11(12)16-13(17)8-9-15/h2-5,10H,6-8H2,1H3,(H,18,19). The average molecular weight is 257 g/mol.